The number of carbonyl (C=O) groups is 4. The Hall–Kier alpha value is -2.12. The first-order valence-corrected chi connectivity index (χ1v) is 21.8. The highest BCUT2D eigenvalue weighted by molar-refractivity contribution is 5.69. The summed E-state index contributed by atoms with van der Waals surface area (Å²) in [4.78, 5) is 42.4. The number of esters is 4. The molecule has 0 aromatic rings. The average Bonchev–Trinajstić information content (AvgIpc) is 3.10. The lowest BCUT2D eigenvalue weighted by Crippen LogP contribution is -2.04. The van der Waals surface area contributed by atoms with Gasteiger partial charge in [-0.25, -0.2) is 0 Å². The topological polar surface area (TPSA) is 105 Å². The largest absolute Gasteiger partial charge is 0.469 e. The molecule has 0 radical (unpaired) electrons. The summed E-state index contributed by atoms with van der Waals surface area (Å²) >= 11 is 0. The van der Waals surface area contributed by atoms with Crippen LogP contribution in [-0.4, -0.2) is 51.3 Å². The van der Waals surface area contributed by atoms with Gasteiger partial charge in [-0.3, -0.25) is 19.2 Å². The summed E-state index contributed by atoms with van der Waals surface area (Å²) in [6.45, 7) is 26.7. The van der Waals surface area contributed by atoms with Crippen molar-refractivity contribution < 1.29 is 38.1 Å². The maximum atomic E-state index is 10.8. The minimum atomic E-state index is -0.166. The van der Waals surface area contributed by atoms with Gasteiger partial charge in [-0.1, -0.05) is 159 Å². The van der Waals surface area contributed by atoms with Crippen LogP contribution in [0, 0.1) is 35.5 Å². The molecule has 0 bridgehead atoms. The van der Waals surface area contributed by atoms with Gasteiger partial charge in [0.25, 0.3) is 0 Å². The van der Waals surface area contributed by atoms with Crippen LogP contribution in [0.3, 0.4) is 0 Å². The smallest absolute Gasteiger partial charge is 0.305 e. The van der Waals surface area contributed by atoms with Gasteiger partial charge < -0.3 is 18.9 Å². The molecular formula is C46H92O8. The summed E-state index contributed by atoms with van der Waals surface area (Å²) in [6.07, 6.45) is 22.5. The summed E-state index contributed by atoms with van der Waals surface area (Å²) in [5, 5.41) is 0. The van der Waals surface area contributed by atoms with Gasteiger partial charge in [0.1, 0.15) is 0 Å². The Morgan fingerprint density at radius 3 is 0.963 bits per heavy atom. The van der Waals surface area contributed by atoms with E-state index in [-0.39, 0.29) is 23.9 Å². The van der Waals surface area contributed by atoms with Gasteiger partial charge in [-0.15, -0.1) is 0 Å². The summed E-state index contributed by atoms with van der Waals surface area (Å²) in [6, 6.07) is 0. The highest BCUT2D eigenvalue weighted by atomic mass is 16.5. The Balaban J connectivity index is -0.000000309. The number of unbranched alkanes of at least 4 members (excludes halogenated alkanes) is 10. The lowest BCUT2D eigenvalue weighted by molar-refractivity contribution is -0.142. The van der Waals surface area contributed by atoms with Gasteiger partial charge in [-0.05, 0) is 61.2 Å². The van der Waals surface area contributed by atoms with E-state index in [1.165, 1.54) is 105 Å². The molecule has 0 aliphatic heterocycles. The molecule has 0 saturated carbocycles. The number of ether oxygens (including phenoxy) is 4. The third-order valence-electron chi connectivity index (χ3n) is 9.77. The van der Waals surface area contributed by atoms with Crippen LogP contribution in [-0.2, 0) is 38.1 Å². The van der Waals surface area contributed by atoms with Gasteiger partial charge in [0.2, 0.25) is 0 Å². The predicted octanol–water partition coefficient (Wildman–Crippen LogP) is 13.1. The lowest BCUT2D eigenvalue weighted by atomic mass is 9.92. The van der Waals surface area contributed by atoms with Crippen molar-refractivity contribution in [1.82, 2.24) is 0 Å². The van der Waals surface area contributed by atoms with Crippen molar-refractivity contribution in [3.05, 3.63) is 0 Å². The number of carbonyl (C=O) groups excluding carboxylic acids is 4. The molecule has 0 aliphatic rings. The second kappa shape index (κ2) is 43.6. The van der Waals surface area contributed by atoms with E-state index in [0.29, 0.717) is 26.1 Å². The summed E-state index contributed by atoms with van der Waals surface area (Å²) in [5.41, 5.74) is 0. The first kappa shape index (κ1) is 58.6. The number of rotatable bonds is 28. The van der Waals surface area contributed by atoms with Crippen molar-refractivity contribution in [2.75, 3.05) is 27.4 Å². The molecule has 2 unspecified atom stereocenters. The lowest BCUT2D eigenvalue weighted by Gasteiger charge is -2.14. The van der Waals surface area contributed by atoms with Crippen LogP contribution in [0.1, 0.15) is 212 Å². The molecular weight excluding hydrogens is 680 g/mol. The SMILES string of the molecule is CC(=O)OCCCCCC(C)C(C)C.CC(=O)OCCCCCCC(C)C.COC(=O)CCCCCC(C)C(C)C.COC(=O)CCCCCCC(C)C. The summed E-state index contributed by atoms with van der Waals surface area (Å²) in [7, 11) is 2.89. The van der Waals surface area contributed by atoms with Crippen molar-refractivity contribution in [3.8, 4) is 0 Å². The standard InChI is InChI=1S/2C12H24O2.2C11H22O2/c1-10(2)11(3)8-6-5-7-9-12(13)14-4;1-10(2)11(3)8-6-5-7-9-14-12(4)13;1-10(2)8-6-4-5-7-9-11(12)13-3;1-10(2)8-6-4-5-7-9-13-11(3)12/h2*10-11H,5-9H2,1-4H3;2*10H,4-9H2,1-3H3. The molecule has 0 aromatic heterocycles. The second-order valence-corrected chi connectivity index (χ2v) is 16.7. The molecule has 0 aromatic carbocycles. The van der Waals surface area contributed by atoms with Crippen LogP contribution in [0.4, 0.5) is 0 Å². The first-order valence-electron chi connectivity index (χ1n) is 21.8. The van der Waals surface area contributed by atoms with E-state index >= 15 is 0 Å². The van der Waals surface area contributed by atoms with E-state index in [1.54, 1.807) is 0 Å². The van der Waals surface area contributed by atoms with Crippen LogP contribution in [0.5, 0.6) is 0 Å². The zero-order valence-corrected chi connectivity index (χ0v) is 38.3. The van der Waals surface area contributed by atoms with Gasteiger partial charge >= 0.3 is 23.9 Å². The van der Waals surface area contributed by atoms with E-state index in [0.717, 1.165) is 74.0 Å². The molecule has 0 N–H and O–H groups in total. The van der Waals surface area contributed by atoms with E-state index < -0.39 is 0 Å². The molecule has 324 valence electrons. The number of methoxy groups -OCH3 is 2. The molecule has 0 amide bonds. The first-order chi connectivity index (χ1) is 25.4. The Morgan fingerprint density at radius 1 is 0.389 bits per heavy atom. The van der Waals surface area contributed by atoms with Crippen molar-refractivity contribution in [2.45, 2.75) is 212 Å². The predicted molar refractivity (Wildman–Crippen MR) is 227 cm³/mol. The fraction of sp³-hybridized carbons (Fsp3) is 0.913. The van der Waals surface area contributed by atoms with Gasteiger partial charge in [0, 0.05) is 26.7 Å². The van der Waals surface area contributed by atoms with Crippen molar-refractivity contribution in [2.24, 2.45) is 35.5 Å². The third-order valence-corrected chi connectivity index (χ3v) is 9.77. The zero-order chi connectivity index (χ0) is 42.2. The molecule has 2 atom stereocenters. The van der Waals surface area contributed by atoms with E-state index in [4.69, 9.17) is 9.47 Å². The minimum absolute atomic E-state index is 0.0798. The minimum Gasteiger partial charge on any atom is -0.469 e. The Kier molecular flexibility index (Phi) is 47.3. The molecule has 0 saturated heterocycles. The maximum Gasteiger partial charge on any atom is 0.305 e. The van der Waals surface area contributed by atoms with Crippen LogP contribution < -0.4 is 0 Å². The maximum absolute atomic E-state index is 10.8. The van der Waals surface area contributed by atoms with E-state index in [9.17, 15) is 19.2 Å². The second-order valence-electron chi connectivity index (χ2n) is 16.7. The zero-order valence-electron chi connectivity index (χ0n) is 38.3. The van der Waals surface area contributed by atoms with Crippen LogP contribution in [0.15, 0.2) is 0 Å². The van der Waals surface area contributed by atoms with Gasteiger partial charge in [-0.2, -0.15) is 0 Å². The molecule has 0 spiro atoms. The average molecular weight is 773 g/mol. The fourth-order valence-electron chi connectivity index (χ4n) is 5.14. The highest BCUT2D eigenvalue weighted by Gasteiger charge is 2.07. The van der Waals surface area contributed by atoms with E-state index in [1.807, 2.05) is 0 Å². The number of hydrogen-bond acceptors (Lipinski definition) is 8. The molecule has 0 aliphatic carbocycles. The summed E-state index contributed by atoms with van der Waals surface area (Å²) < 4.78 is 18.8. The molecule has 54 heavy (non-hydrogen) atoms. The molecule has 0 heterocycles. The normalized spacial score (nSPS) is 11.7. The van der Waals surface area contributed by atoms with Crippen molar-refractivity contribution in [3.63, 3.8) is 0 Å². The van der Waals surface area contributed by atoms with Crippen molar-refractivity contribution >= 4 is 23.9 Å². The van der Waals surface area contributed by atoms with E-state index in [2.05, 4.69) is 78.7 Å². The fourth-order valence-corrected chi connectivity index (χ4v) is 5.14. The monoisotopic (exact) mass is 773 g/mol. The molecule has 8 nitrogen and oxygen atoms in total. The van der Waals surface area contributed by atoms with Crippen LogP contribution in [0.25, 0.3) is 0 Å². The van der Waals surface area contributed by atoms with Crippen LogP contribution >= 0.6 is 0 Å². The number of hydrogen-bond donors (Lipinski definition) is 0. The van der Waals surface area contributed by atoms with Gasteiger partial charge in [0.15, 0.2) is 0 Å². The molecule has 8 heteroatoms. The summed E-state index contributed by atoms with van der Waals surface area (Å²) in [5.74, 6) is 4.29. The van der Waals surface area contributed by atoms with Gasteiger partial charge in [0.05, 0.1) is 27.4 Å². The third kappa shape index (κ3) is 56.6. The van der Waals surface area contributed by atoms with Crippen molar-refractivity contribution in [1.29, 1.82) is 0 Å². The van der Waals surface area contributed by atoms with Crippen LogP contribution in [0.2, 0.25) is 0 Å². The molecule has 0 fully saturated rings. The highest BCUT2D eigenvalue weighted by Crippen LogP contribution is 2.19. The Bertz CT molecular complexity index is 837. The Labute approximate surface area is 335 Å². The quantitative estimate of drug-likeness (QED) is 0.0440. The molecule has 0 rings (SSSR count). The Morgan fingerprint density at radius 2 is 0.667 bits per heavy atom.